The summed E-state index contributed by atoms with van der Waals surface area (Å²) in [5.41, 5.74) is 0.980. The van der Waals surface area contributed by atoms with Crippen LogP contribution in [-0.2, 0) is 4.74 Å². The van der Waals surface area contributed by atoms with Crippen molar-refractivity contribution in [3.8, 4) is 0 Å². The van der Waals surface area contributed by atoms with Gasteiger partial charge in [0, 0.05) is 6.54 Å². The van der Waals surface area contributed by atoms with Gasteiger partial charge in [-0.1, -0.05) is 20.1 Å². The van der Waals surface area contributed by atoms with Gasteiger partial charge in [-0.15, -0.1) is 0 Å². The second kappa shape index (κ2) is 5.84. The predicted octanol–water partition coefficient (Wildman–Crippen LogP) is 2.04. The third-order valence-corrected chi connectivity index (χ3v) is 1.64. The van der Waals surface area contributed by atoms with Crippen LogP contribution in [0.25, 0.3) is 0 Å². The second-order valence-corrected chi connectivity index (χ2v) is 3.03. The Hall–Kier alpha value is -0.760. The monoisotopic (exact) mass is 169 g/mol. The Morgan fingerprint density at radius 1 is 1.33 bits per heavy atom. The quantitative estimate of drug-likeness (QED) is 0.445. The molecule has 2 heteroatoms. The van der Waals surface area contributed by atoms with Gasteiger partial charge in [-0.2, -0.15) is 0 Å². The van der Waals surface area contributed by atoms with Crippen molar-refractivity contribution in [2.24, 2.45) is 0 Å². The Balaban J connectivity index is 3.51. The van der Waals surface area contributed by atoms with E-state index < -0.39 is 0 Å². The maximum absolute atomic E-state index is 5.37. The SMILES string of the molecule is C=C(CC)C(=C)OCCN(C)C. The van der Waals surface area contributed by atoms with Crippen molar-refractivity contribution in [3.05, 3.63) is 24.5 Å². The molecule has 0 rings (SSSR count). The standard InChI is InChI=1S/C10H19NO/c1-6-9(2)10(3)12-8-7-11(4)5/h2-3,6-8H2,1,4-5H3. The zero-order chi connectivity index (χ0) is 9.56. The lowest BCUT2D eigenvalue weighted by Crippen LogP contribution is -2.17. The molecule has 0 unspecified atom stereocenters. The van der Waals surface area contributed by atoms with Crippen LogP contribution < -0.4 is 0 Å². The van der Waals surface area contributed by atoms with E-state index in [1.807, 2.05) is 21.0 Å². The highest BCUT2D eigenvalue weighted by Crippen LogP contribution is 2.09. The first-order valence-electron chi connectivity index (χ1n) is 4.22. The summed E-state index contributed by atoms with van der Waals surface area (Å²) in [6, 6.07) is 0. The van der Waals surface area contributed by atoms with Crippen molar-refractivity contribution < 1.29 is 4.74 Å². The van der Waals surface area contributed by atoms with E-state index in [4.69, 9.17) is 4.74 Å². The van der Waals surface area contributed by atoms with E-state index in [-0.39, 0.29) is 0 Å². The van der Waals surface area contributed by atoms with E-state index >= 15 is 0 Å². The third-order valence-electron chi connectivity index (χ3n) is 1.64. The summed E-state index contributed by atoms with van der Waals surface area (Å²) in [5.74, 6) is 0.722. The first kappa shape index (κ1) is 11.2. The van der Waals surface area contributed by atoms with Crippen molar-refractivity contribution in [2.45, 2.75) is 13.3 Å². The number of allylic oxidation sites excluding steroid dienone is 1. The summed E-state index contributed by atoms with van der Waals surface area (Å²) in [6.45, 7) is 11.3. The average molecular weight is 169 g/mol. The number of ether oxygens (including phenoxy) is 1. The predicted molar refractivity (Wildman–Crippen MR) is 53.1 cm³/mol. The maximum atomic E-state index is 5.37. The normalized spacial score (nSPS) is 10.0. The molecule has 0 aliphatic heterocycles. The Morgan fingerprint density at radius 2 is 1.92 bits per heavy atom. The number of likely N-dealkylation sites (N-methyl/N-ethyl adjacent to an activating group) is 1. The molecule has 2 nitrogen and oxygen atoms in total. The van der Waals surface area contributed by atoms with Gasteiger partial charge in [0.1, 0.15) is 12.4 Å². The number of rotatable bonds is 6. The lowest BCUT2D eigenvalue weighted by molar-refractivity contribution is 0.190. The fraction of sp³-hybridized carbons (Fsp3) is 0.600. The molecule has 0 heterocycles. The number of hydrogen-bond donors (Lipinski definition) is 0. The van der Waals surface area contributed by atoms with Crippen LogP contribution >= 0.6 is 0 Å². The van der Waals surface area contributed by atoms with Crippen molar-refractivity contribution >= 4 is 0 Å². The van der Waals surface area contributed by atoms with Crippen molar-refractivity contribution in [1.29, 1.82) is 0 Å². The molecule has 0 atom stereocenters. The topological polar surface area (TPSA) is 12.5 Å². The van der Waals surface area contributed by atoms with Gasteiger partial charge < -0.3 is 9.64 Å². The van der Waals surface area contributed by atoms with Gasteiger partial charge in [-0.25, -0.2) is 0 Å². The minimum absolute atomic E-state index is 0.685. The molecule has 0 saturated heterocycles. The van der Waals surface area contributed by atoms with Crippen LogP contribution in [0.2, 0.25) is 0 Å². The first-order chi connectivity index (χ1) is 5.57. The van der Waals surface area contributed by atoms with Crippen LogP contribution in [0.15, 0.2) is 24.5 Å². The summed E-state index contributed by atoms with van der Waals surface area (Å²) in [6.07, 6.45) is 0.904. The van der Waals surface area contributed by atoms with Gasteiger partial charge in [-0.05, 0) is 26.1 Å². The minimum Gasteiger partial charge on any atom is -0.493 e. The Kier molecular flexibility index (Phi) is 5.47. The van der Waals surface area contributed by atoms with Gasteiger partial charge in [-0.3, -0.25) is 0 Å². The second-order valence-electron chi connectivity index (χ2n) is 3.03. The molecule has 0 aliphatic carbocycles. The molecule has 0 bridgehead atoms. The zero-order valence-electron chi connectivity index (χ0n) is 8.39. The molecule has 70 valence electrons. The molecular formula is C10H19NO. The largest absolute Gasteiger partial charge is 0.493 e. The van der Waals surface area contributed by atoms with E-state index in [0.29, 0.717) is 6.61 Å². The Bertz CT molecular complexity index is 161. The highest BCUT2D eigenvalue weighted by Gasteiger charge is 1.98. The lowest BCUT2D eigenvalue weighted by atomic mass is 10.2. The highest BCUT2D eigenvalue weighted by molar-refractivity contribution is 5.18. The summed E-state index contributed by atoms with van der Waals surface area (Å²) in [5, 5.41) is 0. The summed E-state index contributed by atoms with van der Waals surface area (Å²) in [4.78, 5) is 2.07. The average Bonchev–Trinajstić information content (AvgIpc) is 2.02. The van der Waals surface area contributed by atoms with Crippen LogP contribution in [0.5, 0.6) is 0 Å². The molecule has 0 amide bonds. The lowest BCUT2D eigenvalue weighted by Gasteiger charge is -2.13. The fourth-order valence-electron chi connectivity index (χ4n) is 0.651. The van der Waals surface area contributed by atoms with Gasteiger partial charge in [0.15, 0.2) is 0 Å². The maximum Gasteiger partial charge on any atom is 0.114 e. The molecule has 0 aromatic carbocycles. The Labute approximate surface area is 75.5 Å². The molecule has 0 radical (unpaired) electrons. The highest BCUT2D eigenvalue weighted by atomic mass is 16.5. The molecule has 12 heavy (non-hydrogen) atoms. The van der Waals surface area contributed by atoms with Gasteiger partial charge in [0.2, 0.25) is 0 Å². The van der Waals surface area contributed by atoms with Gasteiger partial charge in [0.05, 0.1) is 0 Å². The minimum atomic E-state index is 0.685. The molecule has 0 aliphatic rings. The number of hydrogen-bond acceptors (Lipinski definition) is 2. The van der Waals surface area contributed by atoms with Gasteiger partial charge in [0.25, 0.3) is 0 Å². The molecule has 0 spiro atoms. The summed E-state index contributed by atoms with van der Waals surface area (Å²) < 4.78 is 5.37. The smallest absolute Gasteiger partial charge is 0.114 e. The van der Waals surface area contributed by atoms with Crippen LogP contribution in [0.1, 0.15) is 13.3 Å². The summed E-state index contributed by atoms with van der Waals surface area (Å²) >= 11 is 0. The third kappa shape index (κ3) is 4.97. The molecule has 0 fully saturated rings. The molecular weight excluding hydrogens is 150 g/mol. The molecule has 0 N–H and O–H groups in total. The van der Waals surface area contributed by atoms with Crippen LogP contribution in [-0.4, -0.2) is 32.1 Å². The Morgan fingerprint density at radius 3 is 2.33 bits per heavy atom. The fourth-order valence-corrected chi connectivity index (χ4v) is 0.651. The molecule has 0 aromatic rings. The van der Waals surface area contributed by atoms with E-state index in [0.717, 1.165) is 24.3 Å². The van der Waals surface area contributed by atoms with Crippen LogP contribution in [0, 0.1) is 0 Å². The van der Waals surface area contributed by atoms with E-state index in [9.17, 15) is 0 Å². The van der Waals surface area contributed by atoms with Crippen molar-refractivity contribution in [2.75, 3.05) is 27.2 Å². The van der Waals surface area contributed by atoms with Crippen molar-refractivity contribution in [3.63, 3.8) is 0 Å². The van der Waals surface area contributed by atoms with E-state index in [1.54, 1.807) is 0 Å². The molecule has 0 saturated carbocycles. The van der Waals surface area contributed by atoms with Crippen LogP contribution in [0.4, 0.5) is 0 Å². The van der Waals surface area contributed by atoms with E-state index in [1.165, 1.54) is 0 Å². The number of nitrogens with zero attached hydrogens (tertiary/aromatic N) is 1. The molecule has 0 aromatic heterocycles. The van der Waals surface area contributed by atoms with E-state index in [2.05, 4.69) is 18.1 Å². The van der Waals surface area contributed by atoms with Crippen molar-refractivity contribution in [1.82, 2.24) is 4.90 Å². The summed E-state index contributed by atoms with van der Waals surface area (Å²) in [7, 11) is 4.03. The van der Waals surface area contributed by atoms with Gasteiger partial charge >= 0.3 is 0 Å². The zero-order valence-corrected chi connectivity index (χ0v) is 8.39. The first-order valence-corrected chi connectivity index (χ1v) is 4.22. The van der Waals surface area contributed by atoms with Crippen LogP contribution in [0.3, 0.4) is 0 Å².